The molecule has 0 aromatic heterocycles. The zero-order valence-electron chi connectivity index (χ0n) is 11.3. The Hall–Kier alpha value is -0.280. The van der Waals surface area contributed by atoms with Crippen molar-refractivity contribution in [3.05, 3.63) is 33.8 Å². The van der Waals surface area contributed by atoms with E-state index in [1.54, 1.807) is 6.07 Å². The molecular weight excluding hydrogens is 281 g/mol. The Kier molecular flexibility index (Phi) is 5.13. The highest BCUT2D eigenvalue weighted by Gasteiger charge is 2.33. The molecule has 1 aromatic rings. The van der Waals surface area contributed by atoms with Gasteiger partial charge in [0, 0.05) is 22.1 Å². The van der Waals surface area contributed by atoms with Gasteiger partial charge in [-0.2, -0.15) is 0 Å². The van der Waals surface area contributed by atoms with Gasteiger partial charge in [-0.25, -0.2) is 0 Å². The molecule has 2 rings (SSSR count). The first-order valence-electron chi connectivity index (χ1n) is 6.84. The minimum atomic E-state index is -0.155. The Morgan fingerprint density at radius 2 is 2.00 bits per heavy atom. The summed E-state index contributed by atoms with van der Waals surface area (Å²) < 4.78 is 0. The summed E-state index contributed by atoms with van der Waals surface area (Å²) in [5.41, 5.74) is 0.832. The van der Waals surface area contributed by atoms with E-state index in [1.165, 1.54) is 0 Å². The lowest BCUT2D eigenvalue weighted by molar-refractivity contribution is 0.104. The monoisotopic (exact) mass is 301 g/mol. The number of hydrogen-bond acceptors (Lipinski definition) is 2. The van der Waals surface area contributed by atoms with E-state index in [2.05, 4.69) is 12.2 Å². The van der Waals surface area contributed by atoms with E-state index in [-0.39, 0.29) is 12.1 Å². The molecule has 0 aliphatic heterocycles. The first-order chi connectivity index (χ1) is 9.04. The van der Waals surface area contributed by atoms with Gasteiger partial charge in [-0.05, 0) is 55.4 Å². The number of rotatable bonds is 4. The molecule has 2 nitrogen and oxygen atoms in total. The molecule has 0 bridgehead atoms. The fourth-order valence-electron chi connectivity index (χ4n) is 2.67. The standard InChI is InChI=1S/C15H21Cl2NO/c1-11-4-6-15(10-19,7-5-11)18-9-12-8-13(16)2-3-14(12)17/h2-3,8,11,18-19H,4-7,9-10H2,1H3. The van der Waals surface area contributed by atoms with Gasteiger partial charge >= 0.3 is 0 Å². The lowest BCUT2D eigenvalue weighted by atomic mass is 9.77. The maximum Gasteiger partial charge on any atom is 0.0613 e. The predicted octanol–water partition coefficient (Wildman–Crippen LogP) is 4.02. The molecule has 1 saturated carbocycles. The lowest BCUT2D eigenvalue weighted by Gasteiger charge is -2.39. The van der Waals surface area contributed by atoms with Crippen molar-refractivity contribution in [1.29, 1.82) is 0 Å². The van der Waals surface area contributed by atoms with Gasteiger partial charge in [0.2, 0.25) is 0 Å². The molecule has 1 aliphatic rings. The molecule has 0 unspecified atom stereocenters. The Morgan fingerprint density at radius 1 is 1.32 bits per heavy atom. The van der Waals surface area contributed by atoms with Crippen LogP contribution in [0.3, 0.4) is 0 Å². The zero-order valence-corrected chi connectivity index (χ0v) is 12.8. The lowest BCUT2D eigenvalue weighted by Crippen LogP contribution is -2.50. The van der Waals surface area contributed by atoms with E-state index in [0.717, 1.165) is 37.2 Å². The normalized spacial score (nSPS) is 27.5. The van der Waals surface area contributed by atoms with Gasteiger partial charge in [-0.3, -0.25) is 0 Å². The van der Waals surface area contributed by atoms with Gasteiger partial charge in [-0.1, -0.05) is 30.1 Å². The number of hydrogen-bond donors (Lipinski definition) is 2. The highest BCUT2D eigenvalue weighted by Crippen LogP contribution is 2.32. The molecule has 106 valence electrons. The van der Waals surface area contributed by atoms with Gasteiger partial charge < -0.3 is 10.4 Å². The summed E-state index contributed by atoms with van der Waals surface area (Å²) in [4.78, 5) is 0. The van der Waals surface area contributed by atoms with Crippen LogP contribution in [0, 0.1) is 5.92 Å². The van der Waals surface area contributed by atoms with E-state index < -0.39 is 0 Å². The fraction of sp³-hybridized carbons (Fsp3) is 0.600. The highest BCUT2D eigenvalue weighted by atomic mass is 35.5. The van der Waals surface area contributed by atoms with Gasteiger partial charge in [0.15, 0.2) is 0 Å². The average Bonchev–Trinajstić information content (AvgIpc) is 2.42. The molecule has 0 spiro atoms. The Labute approximate surface area is 125 Å². The second-order valence-corrected chi connectivity index (χ2v) is 6.55. The third-order valence-electron chi connectivity index (χ3n) is 4.20. The molecule has 1 aliphatic carbocycles. The molecule has 0 radical (unpaired) electrons. The maximum absolute atomic E-state index is 9.71. The largest absolute Gasteiger partial charge is 0.394 e. The minimum absolute atomic E-state index is 0.155. The number of aliphatic hydroxyl groups is 1. The molecule has 0 heterocycles. The summed E-state index contributed by atoms with van der Waals surface area (Å²) in [5, 5.41) is 14.6. The van der Waals surface area contributed by atoms with E-state index in [4.69, 9.17) is 23.2 Å². The van der Waals surface area contributed by atoms with Crippen LogP contribution in [0.4, 0.5) is 0 Å². The predicted molar refractivity (Wildman–Crippen MR) is 80.8 cm³/mol. The van der Waals surface area contributed by atoms with Gasteiger partial charge in [-0.15, -0.1) is 0 Å². The second-order valence-electron chi connectivity index (χ2n) is 5.71. The minimum Gasteiger partial charge on any atom is -0.394 e. The third kappa shape index (κ3) is 3.85. The summed E-state index contributed by atoms with van der Waals surface area (Å²) in [6, 6.07) is 5.49. The summed E-state index contributed by atoms with van der Waals surface area (Å²) in [6.45, 7) is 3.10. The van der Waals surface area contributed by atoms with Crippen LogP contribution in [0.15, 0.2) is 18.2 Å². The molecule has 1 fully saturated rings. The van der Waals surface area contributed by atoms with Crippen LogP contribution in [0.25, 0.3) is 0 Å². The van der Waals surface area contributed by atoms with Crippen LogP contribution in [0.5, 0.6) is 0 Å². The quantitative estimate of drug-likeness (QED) is 0.880. The van der Waals surface area contributed by atoms with E-state index in [1.807, 2.05) is 12.1 Å². The van der Waals surface area contributed by atoms with Gasteiger partial charge in [0.1, 0.15) is 0 Å². The van der Waals surface area contributed by atoms with Crippen LogP contribution in [0.1, 0.15) is 38.2 Å². The van der Waals surface area contributed by atoms with Crippen molar-refractivity contribution in [2.24, 2.45) is 5.92 Å². The Morgan fingerprint density at radius 3 is 2.63 bits per heavy atom. The van der Waals surface area contributed by atoms with Crippen LogP contribution < -0.4 is 5.32 Å². The Bertz CT molecular complexity index is 428. The topological polar surface area (TPSA) is 32.3 Å². The van der Waals surface area contributed by atoms with Crippen molar-refractivity contribution < 1.29 is 5.11 Å². The van der Waals surface area contributed by atoms with Crippen molar-refractivity contribution in [2.75, 3.05) is 6.61 Å². The molecular formula is C15H21Cl2NO. The van der Waals surface area contributed by atoms with Gasteiger partial charge in [0.25, 0.3) is 0 Å². The average molecular weight is 302 g/mol. The molecule has 0 amide bonds. The highest BCUT2D eigenvalue weighted by molar-refractivity contribution is 6.33. The van der Waals surface area contributed by atoms with Crippen LogP contribution >= 0.6 is 23.2 Å². The summed E-state index contributed by atoms with van der Waals surface area (Å²) >= 11 is 12.2. The first kappa shape index (κ1) is 15.1. The number of halogens is 2. The van der Waals surface area contributed by atoms with Gasteiger partial charge in [0.05, 0.1) is 6.61 Å². The summed E-state index contributed by atoms with van der Waals surface area (Å²) in [7, 11) is 0. The van der Waals surface area contributed by atoms with Crippen molar-refractivity contribution >= 4 is 23.2 Å². The second kappa shape index (κ2) is 6.45. The number of nitrogens with one attached hydrogen (secondary N) is 1. The molecule has 2 N–H and O–H groups in total. The molecule has 19 heavy (non-hydrogen) atoms. The molecule has 4 heteroatoms. The Balaban J connectivity index is 2.01. The van der Waals surface area contributed by atoms with Crippen molar-refractivity contribution in [3.63, 3.8) is 0 Å². The van der Waals surface area contributed by atoms with Crippen LogP contribution in [-0.2, 0) is 6.54 Å². The molecule has 0 atom stereocenters. The smallest absolute Gasteiger partial charge is 0.0613 e. The summed E-state index contributed by atoms with van der Waals surface area (Å²) in [6.07, 6.45) is 4.36. The summed E-state index contributed by atoms with van der Waals surface area (Å²) in [5.74, 6) is 0.760. The molecule has 1 aromatic carbocycles. The van der Waals surface area contributed by atoms with Crippen molar-refractivity contribution in [2.45, 2.75) is 44.7 Å². The van der Waals surface area contributed by atoms with Crippen molar-refractivity contribution in [1.82, 2.24) is 5.32 Å². The van der Waals surface area contributed by atoms with Crippen molar-refractivity contribution in [3.8, 4) is 0 Å². The SMILES string of the molecule is CC1CCC(CO)(NCc2cc(Cl)ccc2Cl)CC1. The number of aliphatic hydroxyl groups excluding tert-OH is 1. The van der Waals surface area contributed by atoms with E-state index in [9.17, 15) is 5.11 Å². The van der Waals surface area contributed by atoms with E-state index >= 15 is 0 Å². The number of benzene rings is 1. The van der Waals surface area contributed by atoms with E-state index in [0.29, 0.717) is 16.6 Å². The fourth-order valence-corrected chi connectivity index (χ4v) is 3.05. The zero-order chi connectivity index (χ0) is 13.9. The maximum atomic E-state index is 9.71. The van der Waals surface area contributed by atoms with Crippen LogP contribution in [-0.4, -0.2) is 17.3 Å². The van der Waals surface area contributed by atoms with Crippen LogP contribution in [0.2, 0.25) is 10.0 Å². The third-order valence-corrected chi connectivity index (χ3v) is 4.80. The molecule has 0 saturated heterocycles. The first-order valence-corrected chi connectivity index (χ1v) is 7.60.